The molecule has 0 aliphatic rings. The van der Waals surface area contributed by atoms with Gasteiger partial charge in [0.2, 0.25) is 0 Å². The van der Waals surface area contributed by atoms with Gasteiger partial charge in [0, 0.05) is 11.8 Å². The van der Waals surface area contributed by atoms with Crippen LogP contribution in [0.4, 0.5) is 0 Å². The van der Waals surface area contributed by atoms with E-state index in [2.05, 4.69) is 5.10 Å². The van der Waals surface area contributed by atoms with Crippen molar-refractivity contribution in [2.75, 3.05) is 0 Å². The number of H-pyrrole nitrogens is 1. The molecule has 0 spiro atoms. The van der Waals surface area contributed by atoms with Gasteiger partial charge in [-0.1, -0.05) is 12.1 Å². The highest BCUT2D eigenvalue weighted by Gasteiger charge is 2.05. The molecule has 0 aliphatic heterocycles. The summed E-state index contributed by atoms with van der Waals surface area (Å²) in [7, 11) is 0. The van der Waals surface area contributed by atoms with Gasteiger partial charge in [-0.25, -0.2) is 9.48 Å². The van der Waals surface area contributed by atoms with E-state index in [0.29, 0.717) is 6.54 Å². The molecule has 5 heteroatoms. The average molecular weight is 232 g/mol. The van der Waals surface area contributed by atoms with Crippen LogP contribution in [0.5, 0.6) is 0 Å². The Balaban J connectivity index is 2.30. The van der Waals surface area contributed by atoms with Gasteiger partial charge in [-0.15, -0.1) is 0 Å². The third-order valence-corrected chi connectivity index (χ3v) is 2.43. The number of nitrogens with one attached hydrogen (secondary N) is 1. The number of nitrogens with zero attached hydrogens (tertiary/aromatic N) is 1. The van der Waals surface area contributed by atoms with Gasteiger partial charge in [0.05, 0.1) is 12.1 Å². The Bertz CT molecular complexity index is 610. The minimum absolute atomic E-state index is 0.122. The van der Waals surface area contributed by atoms with Gasteiger partial charge >= 0.3 is 5.97 Å². The number of aromatic nitrogens is 2. The first kappa shape index (κ1) is 11.2. The fourth-order valence-corrected chi connectivity index (χ4v) is 1.67. The normalized spacial score (nSPS) is 10.4. The van der Waals surface area contributed by atoms with Crippen molar-refractivity contribution in [1.82, 2.24) is 9.78 Å². The Labute approximate surface area is 97.3 Å². The smallest absolute Gasteiger partial charge is 0.335 e. The van der Waals surface area contributed by atoms with E-state index in [1.54, 1.807) is 25.1 Å². The first-order valence-corrected chi connectivity index (χ1v) is 5.15. The van der Waals surface area contributed by atoms with Crippen molar-refractivity contribution in [3.05, 3.63) is 57.5 Å². The van der Waals surface area contributed by atoms with Crippen molar-refractivity contribution in [1.29, 1.82) is 0 Å². The summed E-state index contributed by atoms with van der Waals surface area (Å²) in [4.78, 5) is 22.3. The number of aromatic amines is 1. The van der Waals surface area contributed by atoms with Crippen LogP contribution in [0.25, 0.3) is 0 Å². The first-order chi connectivity index (χ1) is 8.06. The average Bonchev–Trinajstić information content (AvgIpc) is 2.58. The minimum Gasteiger partial charge on any atom is -0.478 e. The van der Waals surface area contributed by atoms with E-state index in [0.717, 1.165) is 11.3 Å². The molecular weight excluding hydrogens is 220 g/mol. The van der Waals surface area contributed by atoms with E-state index in [9.17, 15) is 9.59 Å². The van der Waals surface area contributed by atoms with Crippen molar-refractivity contribution in [2.24, 2.45) is 0 Å². The topological polar surface area (TPSA) is 75.1 Å². The molecule has 0 saturated carbocycles. The summed E-state index contributed by atoms with van der Waals surface area (Å²) < 4.78 is 1.44. The van der Waals surface area contributed by atoms with Gasteiger partial charge in [0.15, 0.2) is 0 Å². The van der Waals surface area contributed by atoms with Crippen molar-refractivity contribution in [3.8, 4) is 0 Å². The minimum atomic E-state index is -0.970. The van der Waals surface area contributed by atoms with Crippen LogP contribution in [0.1, 0.15) is 21.6 Å². The molecule has 0 aliphatic carbocycles. The van der Waals surface area contributed by atoms with Crippen molar-refractivity contribution >= 4 is 5.97 Å². The first-order valence-electron chi connectivity index (χ1n) is 5.15. The summed E-state index contributed by atoms with van der Waals surface area (Å²) in [6.45, 7) is 2.14. The molecule has 0 amide bonds. The Morgan fingerprint density at radius 2 is 2.18 bits per heavy atom. The summed E-state index contributed by atoms with van der Waals surface area (Å²) >= 11 is 0. The molecule has 0 fully saturated rings. The van der Waals surface area contributed by atoms with Crippen molar-refractivity contribution in [3.63, 3.8) is 0 Å². The zero-order chi connectivity index (χ0) is 12.4. The standard InChI is InChI=1S/C12H12N2O3/c1-8-5-11(15)14(13-8)7-9-3-2-4-10(6-9)12(16)17/h2-6,13H,7H2,1H3,(H,16,17). The summed E-state index contributed by atoms with van der Waals surface area (Å²) in [6.07, 6.45) is 0. The maximum Gasteiger partial charge on any atom is 0.335 e. The summed E-state index contributed by atoms with van der Waals surface area (Å²) in [5, 5.41) is 11.8. The van der Waals surface area contributed by atoms with Gasteiger partial charge in [0.1, 0.15) is 0 Å². The largest absolute Gasteiger partial charge is 0.478 e. The number of hydrogen-bond donors (Lipinski definition) is 2. The molecule has 2 N–H and O–H groups in total. The molecule has 1 aromatic heterocycles. The lowest BCUT2D eigenvalue weighted by Crippen LogP contribution is -2.16. The highest BCUT2D eigenvalue weighted by atomic mass is 16.4. The number of aromatic carboxylic acids is 1. The number of carbonyl (C=O) groups is 1. The van der Waals surface area contributed by atoms with E-state index in [-0.39, 0.29) is 11.1 Å². The van der Waals surface area contributed by atoms with Crippen LogP contribution < -0.4 is 5.56 Å². The van der Waals surface area contributed by atoms with E-state index in [1.165, 1.54) is 16.8 Å². The Morgan fingerprint density at radius 3 is 2.76 bits per heavy atom. The Hall–Kier alpha value is -2.30. The molecule has 5 nitrogen and oxygen atoms in total. The molecule has 1 aromatic carbocycles. The second kappa shape index (κ2) is 4.29. The Kier molecular flexibility index (Phi) is 2.82. The summed E-state index contributed by atoms with van der Waals surface area (Å²) in [5.41, 5.74) is 1.65. The molecule has 2 rings (SSSR count). The molecule has 0 saturated heterocycles. The second-order valence-corrected chi connectivity index (χ2v) is 3.87. The third-order valence-electron chi connectivity index (χ3n) is 2.43. The second-order valence-electron chi connectivity index (χ2n) is 3.87. The van der Waals surface area contributed by atoms with Crippen LogP contribution in [0.15, 0.2) is 35.1 Å². The lowest BCUT2D eigenvalue weighted by molar-refractivity contribution is 0.0696. The lowest BCUT2D eigenvalue weighted by Gasteiger charge is -2.03. The molecule has 17 heavy (non-hydrogen) atoms. The van der Waals surface area contributed by atoms with Gasteiger partial charge in [-0.3, -0.25) is 9.89 Å². The molecule has 0 radical (unpaired) electrons. The monoisotopic (exact) mass is 232 g/mol. The van der Waals surface area contributed by atoms with Gasteiger partial charge < -0.3 is 5.11 Å². The van der Waals surface area contributed by atoms with E-state index in [4.69, 9.17) is 5.11 Å². The molecule has 88 valence electrons. The van der Waals surface area contributed by atoms with Gasteiger partial charge in [0.25, 0.3) is 5.56 Å². The zero-order valence-corrected chi connectivity index (χ0v) is 9.30. The maximum absolute atomic E-state index is 11.5. The molecule has 2 aromatic rings. The number of benzene rings is 1. The molecule has 0 bridgehead atoms. The fourth-order valence-electron chi connectivity index (χ4n) is 1.67. The van der Waals surface area contributed by atoms with E-state index in [1.807, 2.05) is 0 Å². The van der Waals surface area contributed by atoms with Gasteiger partial charge in [-0.05, 0) is 24.6 Å². The van der Waals surface area contributed by atoms with Crippen LogP contribution in [-0.4, -0.2) is 20.9 Å². The highest BCUT2D eigenvalue weighted by molar-refractivity contribution is 5.87. The molecule has 0 unspecified atom stereocenters. The van der Waals surface area contributed by atoms with Crippen LogP contribution in [0, 0.1) is 6.92 Å². The van der Waals surface area contributed by atoms with Crippen molar-refractivity contribution < 1.29 is 9.90 Å². The molecule has 0 atom stereocenters. The van der Waals surface area contributed by atoms with Crippen LogP contribution in [-0.2, 0) is 6.54 Å². The zero-order valence-electron chi connectivity index (χ0n) is 9.30. The molecule has 1 heterocycles. The number of hydrogen-bond acceptors (Lipinski definition) is 2. The van der Waals surface area contributed by atoms with Crippen molar-refractivity contribution in [2.45, 2.75) is 13.5 Å². The summed E-state index contributed by atoms with van der Waals surface area (Å²) in [5.74, 6) is -0.970. The predicted octanol–water partition coefficient (Wildman–Crippen LogP) is 1.23. The fraction of sp³-hybridized carbons (Fsp3) is 0.167. The number of carboxylic acid groups (broad SMARTS) is 1. The Morgan fingerprint density at radius 1 is 1.41 bits per heavy atom. The van der Waals surface area contributed by atoms with Crippen LogP contribution >= 0.6 is 0 Å². The summed E-state index contributed by atoms with van der Waals surface area (Å²) in [6, 6.07) is 8.04. The number of aryl methyl sites for hydroxylation is 1. The maximum atomic E-state index is 11.5. The quantitative estimate of drug-likeness (QED) is 0.835. The number of rotatable bonds is 3. The number of carboxylic acids is 1. The van der Waals surface area contributed by atoms with E-state index < -0.39 is 5.97 Å². The predicted molar refractivity (Wildman–Crippen MR) is 62.3 cm³/mol. The lowest BCUT2D eigenvalue weighted by atomic mass is 10.1. The van der Waals surface area contributed by atoms with E-state index >= 15 is 0 Å². The molecular formula is C12H12N2O3. The van der Waals surface area contributed by atoms with Crippen LogP contribution in [0.2, 0.25) is 0 Å². The van der Waals surface area contributed by atoms with Gasteiger partial charge in [-0.2, -0.15) is 0 Å². The van der Waals surface area contributed by atoms with Crippen LogP contribution in [0.3, 0.4) is 0 Å². The SMILES string of the molecule is Cc1cc(=O)n(Cc2cccc(C(=O)O)c2)[nH]1. The highest BCUT2D eigenvalue weighted by Crippen LogP contribution is 2.06. The third kappa shape index (κ3) is 2.44.